The number of carbonyl (C=O) groups excluding carboxylic acids is 1. The lowest BCUT2D eigenvalue weighted by Gasteiger charge is -2.23. The van der Waals surface area contributed by atoms with Crippen molar-refractivity contribution in [3.63, 3.8) is 0 Å². The standard InChI is InChI=1S/C13H15NO2S/c1-8-12(16)14-10-6-9(2-3-11(10)17-8)13(7-15)4-5-13/h2-3,6,8,15H,4-5,7H2,1H3,(H,14,16). The molecule has 1 amide bonds. The number of thioether (sulfide) groups is 1. The summed E-state index contributed by atoms with van der Waals surface area (Å²) in [7, 11) is 0. The van der Waals surface area contributed by atoms with E-state index in [0.29, 0.717) is 0 Å². The van der Waals surface area contributed by atoms with Crippen molar-refractivity contribution in [2.24, 2.45) is 0 Å². The molecule has 1 aromatic carbocycles. The summed E-state index contributed by atoms with van der Waals surface area (Å²) in [5.74, 6) is 0.0634. The van der Waals surface area contributed by atoms with Crippen LogP contribution in [0.1, 0.15) is 25.3 Å². The highest BCUT2D eigenvalue weighted by molar-refractivity contribution is 8.00. The lowest BCUT2D eigenvalue weighted by molar-refractivity contribution is -0.115. The highest BCUT2D eigenvalue weighted by Crippen LogP contribution is 2.49. The van der Waals surface area contributed by atoms with Gasteiger partial charge in [0.05, 0.1) is 17.5 Å². The maximum Gasteiger partial charge on any atom is 0.237 e. The molecule has 0 saturated heterocycles. The fraction of sp³-hybridized carbons (Fsp3) is 0.462. The SMILES string of the molecule is CC1Sc2ccc(C3(CO)CC3)cc2NC1=O. The van der Waals surface area contributed by atoms with Gasteiger partial charge in [-0.05, 0) is 37.5 Å². The highest BCUT2D eigenvalue weighted by Gasteiger charge is 2.44. The van der Waals surface area contributed by atoms with Crippen molar-refractivity contribution in [2.45, 2.75) is 35.3 Å². The monoisotopic (exact) mass is 249 g/mol. The van der Waals surface area contributed by atoms with Crippen LogP contribution in [0.2, 0.25) is 0 Å². The van der Waals surface area contributed by atoms with E-state index in [-0.39, 0.29) is 23.2 Å². The number of aliphatic hydroxyl groups excluding tert-OH is 1. The zero-order valence-corrected chi connectivity index (χ0v) is 10.5. The van der Waals surface area contributed by atoms with E-state index in [1.54, 1.807) is 11.8 Å². The van der Waals surface area contributed by atoms with Crippen LogP contribution < -0.4 is 5.32 Å². The number of hydrogen-bond donors (Lipinski definition) is 2. The third-order valence-corrected chi connectivity index (χ3v) is 4.86. The van der Waals surface area contributed by atoms with Crippen molar-refractivity contribution in [3.8, 4) is 0 Å². The molecule has 90 valence electrons. The first-order valence-corrected chi connectivity index (χ1v) is 6.75. The van der Waals surface area contributed by atoms with E-state index in [9.17, 15) is 9.90 Å². The largest absolute Gasteiger partial charge is 0.395 e. The Bertz CT molecular complexity index is 482. The van der Waals surface area contributed by atoms with Crippen LogP contribution >= 0.6 is 11.8 Å². The fourth-order valence-corrected chi connectivity index (χ4v) is 3.16. The first-order valence-electron chi connectivity index (χ1n) is 5.87. The molecule has 3 rings (SSSR count). The molecule has 1 heterocycles. The third-order valence-electron chi connectivity index (χ3n) is 3.68. The molecule has 0 bridgehead atoms. The Hall–Kier alpha value is -1.00. The first-order chi connectivity index (χ1) is 8.14. The quantitative estimate of drug-likeness (QED) is 0.844. The number of nitrogens with one attached hydrogen (secondary N) is 1. The van der Waals surface area contributed by atoms with Gasteiger partial charge in [0.25, 0.3) is 0 Å². The molecule has 2 N–H and O–H groups in total. The summed E-state index contributed by atoms with van der Waals surface area (Å²) in [6, 6.07) is 6.16. The van der Waals surface area contributed by atoms with Crippen LogP contribution in [-0.2, 0) is 10.2 Å². The van der Waals surface area contributed by atoms with Crippen molar-refractivity contribution >= 4 is 23.4 Å². The van der Waals surface area contributed by atoms with E-state index in [4.69, 9.17) is 0 Å². The van der Waals surface area contributed by atoms with Gasteiger partial charge in [-0.3, -0.25) is 4.79 Å². The molecule has 1 unspecified atom stereocenters. The van der Waals surface area contributed by atoms with Gasteiger partial charge < -0.3 is 10.4 Å². The van der Waals surface area contributed by atoms with Crippen LogP contribution in [0.3, 0.4) is 0 Å². The van der Waals surface area contributed by atoms with Crippen LogP contribution in [0.15, 0.2) is 23.1 Å². The van der Waals surface area contributed by atoms with Crippen LogP contribution in [0, 0.1) is 0 Å². The summed E-state index contributed by atoms with van der Waals surface area (Å²) < 4.78 is 0. The number of amides is 1. The van der Waals surface area contributed by atoms with Gasteiger partial charge in [-0.15, -0.1) is 11.8 Å². The zero-order chi connectivity index (χ0) is 12.0. The molecule has 1 aliphatic heterocycles. The summed E-state index contributed by atoms with van der Waals surface area (Å²) in [5, 5.41) is 12.3. The molecular weight excluding hydrogens is 234 g/mol. The lowest BCUT2D eigenvalue weighted by atomic mass is 9.96. The number of benzene rings is 1. The highest BCUT2D eigenvalue weighted by atomic mass is 32.2. The molecule has 1 saturated carbocycles. The number of anilines is 1. The second-order valence-corrected chi connectivity index (χ2v) is 6.28. The van der Waals surface area contributed by atoms with Gasteiger partial charge in [-0.25, -0.2) is 0 Å². The first kappa shape index (κ1) is 11.1. The van der Waals surface area contributed by atoms with E-state index < -0.39 is 0 Å². The van der Waals surface area contributed by atoms with Crippen LogP contribution in [0.4, 0.5) is 5.69 Å². The topological polar surface area (TPSA) is 49.3 Å². The predicted molar refractivity (Wildman–Crippen MR) is 68.4 cm³/mol. The van der Waals surface area contributed by atoms with Gasteiger partial charge in [0, 0.05) is 10.3 Å². The second kappa shape index (κ2) is 3.75. The van der Waals surface area contributed by atoms with E-state index in [0.717, 1.165) is 29.0 Å². The Morgan fingerprint density at radius 3 is 2.94 bits per heavy atom. The maximum absolute atomic E-state index is 11.6. The summed E-state index contributed by atoms with van der Waals surface area (Å²) in [5.41, 5.74) is 2.01. The van der Waals surface area contributed by atoms with E-state index >= 15 is 0 Å². The number of hydrogen-bond acceptors (Lipinski definition) is 3. The average molecular weight is 249 g/mol. The predicted octanol–water partition coefficient (Wildman–Crippen LogP) is 2.14. The summed E-state index contributed by atoms with van der Waals surface area (Å²) >= 11 is 1.59. The Morgan fingerprint density at radius 1 is 1.53 bits per heavy atom. The number of carbonyl (C=O) groups is 1. The van der Waals surface area contributed by atoms with Crippen LogP contribution in [0.5, 0.6) is 0 Å². The van der Waals surface area contributed by atoms with Crippen molar-refractivity contribution in [1.82, 2.24) is 0 Å². The molecule has 0 aromatic heterocycles. The molecule has 1 aromatic rings. The van der Waals surface area contributed by atoms with Gasteiger partial charge in [0.15, 0.2) is 0 Å². The Labute approximate surface area is 105 Å². The van der Waals surface area contributed by atoms with E-state index in [2.05, 4.69) is 17.4 Å². The van der Waals surface area contributed by atoms with Gasteiger partial charge >= 0.3 is 0 Å². The summed E-state index contributed by atoms with van der Waals surface area (Å²) in [6.07, 6.45) is 2.08. The normalized spacial score (nSPS) is 25.1. The smallest absolute Gasteiger partial charge is 0.237 e. The Kier molecular flexibility index (Phi) is 2.45. The van der Waals surface area contributed by atoms with Gasteiger partial charge in [0.2, 0.25) is 5.91 Å². The Morgan fingerprint density at radius 2 is 2.29 bits per heavy atom. The van der Waals surface area contributed by atoms with Gasteiger partial charge in [-0.2, -0.15) is 0 Å². The molecule has 0 radical (unpaired) electrons. The van der Waals surface area contributed by atoms with Crippen molar-refractivity contribution < 1.29 is 9.90 Å². The third kappa shape index (κ3) is 1.76. The molecular formula is C13H15NO2S. The Balaban J connectivity index is 1.97. The molecule has 1 aliphatic carbocycles. The van der Waals surface area contributed by atoms with Crippen molar-refractivity contribution in [2.75, 3.05) is 11.9 Å². The van der Waals surface area contributed by atoms with Crippen LogP contribution in [0.25, 0.3) is 0 Å². The minimum atomic E-state index is -0.0342. The van der Waals surface area contributed by atoms with Gasteiger partial charge in [0.1, 0.15) is 0 Å². The average Bonchev–Trinajstić information content (AvgIpc) is 3.11. The molecule has 0 spiro atoms. The minimum absolute atomic E-state index is 0.0268. The minimum Gasteiger partial charge on any atom is -0.395 e. The fourth-order valence-electron chi connectivity index (χ4n) is 2.23. The van der Waals surface area contributed by atoms with Crippen molar-refractivity contribution in [3.05, 3.63) is 23.8 Å². The van der Waals surface area contributed by atoms with Crippen LogP contribution in [-0.4, -0.2) is 22.9 Å². The molecule has 4 heteroatoms. The molecule has 1 fully saturated rings. The van der Waals surface area contributed by atoms with E-state index in [1.165, 1.54) is 0 Å². The molecule has 2 aliphatic rings. The molecule has 3 nitrogen and oxygen atoms in total. The summed E-state index contributed by atoms with van der Waals surface area (Å²) in [4.78, 5) is 12.7. The summed E-state index contributed by atoms with van der Waals surface area (Å²) in [6.45, 7) is 2.11. The number of aliphatic hydroxyl groups is 1. The van der Waals surface area contributed by atoms with Crippen molar-refractivity contribution in [1.29, 1.82) is 0 Å². The number of fused-ring (bicyclic) bond motifs is 1. The number of rotatable bonds is 2. The zero-order valence-electron chi connectivity index (χ0n) is 9.69. The van der Waals surface area contributed by atoms with E-state index in [1.807, 2.05) is 13.0 Å². The second-order valence-electron chi connectivity index (χ2n) is 4.90. The molecule has 1 atom stereocenters. The maximum atomic E-state index is 11.6. The van der Waals surface area contributed by atoms with Gasteiger partial charge in [-0.1, -0.05) is 6.07 Å². The molecule has 17 heavy (non-hydrogen) atoms. The lowest BCUT2D eigenvalue weighted by Crippen LogP contribution is -2.26.